The highest BCUT2D eigenvalue weighted by molar-refractivity contribution is 5.97. The van der Waals surface area contributed by atoms with Gasteiger partial charge in [0.2, 0.25) is 5.91 Å². The maximum atomic E-state index is 12.8. The molecule has 0 aromatic heterocycles. The molecule has 32 heavy (non-hydrogen) atoms. The summed E-state index contributed by atoms with van der Waals surface area (Å²) in [7, 11) is 0. The predicted molar refractivity (Wildman–Crippen MR) is 123 cm³/mol. The maximum absolute atomic E-state index is 12.8. The number of para-hydroxylation sites is 2. The molecule has 2 aromatic carbocycles. The lowest BCUT2D eigenvalue weighted by Crippen LogP contribution is -2.38. The van der Waals surface area contributed by atoms with Crippen molar-refractivity contribution >= 4 is 28.9 Å². The number of rotatable bonds is 5. The normalized spacial score (nSPS) is 17.1. The summed E-state index contributed by atoms with van der Waals surface area (Å²) in [4.78, 5) is 40.4. The molecule has 2 aromatic rings. The van der Waals surface area contributed by atoms with Gasteiger partial charge in [0.05, 0.1) is 4.92 Å². The number of nitrogens with one attached hydrogen (secondary N) is 1. The lowest BCUT2D eigenvalue weighted by Gasteiger charge is -2.32. The molecule has 0 bridgehead atoms. The first kappa shape index (κ1) is 21.8. The molecule has 2 saturated heterocycles. The molecule has 8 nitrogen and oxygen atoms in total. The molecular weight excluding hydrogens is 408 g/mol. The number of piperidine rings is 2. The lowest BCUT2D eigenvalue weighted by atomic mass is 9.95. The average molecular weight is 437 g/mol. The van der Waals surface area contributed by atoms with Crippen LogP contribution in [0, 0.1) is 16.0 Å². The number of hydrogen-bond donors (Lipinski definition) is 1. The second-order valence-electron chi connectivity index (χ2n) is 8.43. The molecule has 2 heterocycles. The van der Waals surface area contributed by atoms with Gasteiger partial charge in [0.15, 0.2) is 0 Å². The molecule has 0 atom stereocenters. The summed E-state index contributed by atoms with van der Waals surface area (Å²) in [5.41, 5.74) is 1.90. The molecule has 2 amide bonds. The van der Waals surface area contributed by atoms with Crippen molar-refractivity contribution in [1.82, 2.24) is 4.90 Å². The first-order valence-electron chi connectivity index (χ1n) is 11.2. The minimum absolute atomic E-state index is 0.0126. The zero-order chi connectivity index (χ0) is 22.5. The van der Waals surface area contributed by atoms with Gasteiger partial charge in [0.25, 0.3) is 11.6 Å². The van der Waals surface area contributed by atoms with E-state index in [1.165, 1.54) is 6.07 Å². The monoisotopic (exact) mass is 436 g/mol. The molecule has 0 saturated carbocycles. The third-order valence-electron chi connectivity index (χ3n) is 6.31. The van der Waals surface area contributed by atoms with Crippen LogP contribution in [0.25, 0.3) is 0 Å². The van der Waals surface area contributed by atoms with Gasteiger partial charge >= 0.3 is 0 Å². The van der Waals surface area contributed by atoms with Crippen LogP contribution < -0.4 is 10.2 Å². The van der Waals surface area contributed by atoms with E-state index in [1.54, 1.807) is 42.5 Å². The third kappa shape index (κ3) is 4.90. The molecule has 168 valence electrons. The van der Waals surface area contributed by atoms with Gasteiger partial charge in [-0.2, -0.15) is 0 Å². The Kier molecular flexibility index (Phi) is 6.68. The van der Waals surface area contributed by atoms with Gasteiger partial charge in [-0.15, -0.1) is 0 Å². The fourth-order valence-electron chi connectivity index (χ4n) is 4.52. The van der Waals surface area contributed by atoms with Crippen molar-refractivity contribution in [3.63, 3.8) is 0 Å². The zero-order valence-electron chi connectivity index (χ0n) is 18.0. The van der Waals surface area contributed by atoms with Crippen molar-refractivity contribution < 1.29 is 14.5 Å². The summed E-state index contributed by atoms with van der Waals surface area (Å²) >= 11 is 0. The largest absolute Gasteiger partial charge is 0.366 e. The van der Waals surface area contributed by atoms with Crippen molar-refractivity contribution in [2.75, 3.05) is 36.4 Å². The van der Waals surface area contributed by atoms with E-state index in [0.29, 0.717) is 42.9 Å². The number of carbonyl (C=O) groups is 2. The van der Waals surface area contributed by atoms with Crippen LogP contribution >= 0.6 is 0 Å². The first-order chi connectivity index (χ1) is 15.5. The Labute approximate surface area is 187 Å². The van der Waals surface area contributed by atoms with Crippen LogP contribution in [0.5, 0.6) is 0 Å². The zero-order valence-corrected chi connectivity index (χ0v) is 18.0. The molecule has 2 aliphatic heterocycles. The fourth-order valence-corrected chi connectivity index (χ4v) is 4.52. The van der Waals surface area contributed by atoms with Crippen molar-refractivity contribution in [2.24, 2.45) is 5.92 Å². The summed E-state index contributed by atoms with van der Waals surface area (Å²) in [6.07, 6.45) is 4.46. The molecule has 1 N–H and O–H groups in total. The molecule has 0 radical (unpaired) electrons. The summed E-state index contributed by atoms with van der Waals surface area (Å²) in [6.45, 7) is 2.73. The van der Waals surface area contributed by atoms with Gasteiger partial charge in [0.1, 0.15) is 5.69 Å². The highest BCUT2D eigenvalue weighted by Crippen LogP contribution is 2.31. The smallest absolute Gasteiger partial charge is 0.292 e. The topological polar surface area (TPSA) is 95.8 Å². The van der Waals surface area contributed by atoms with Crippen LogP contribution in [-0.4, -0.2) is 47.8 Å². The van der Waals surface area contributed by atoms with E-state index in [1.807, 2.05) is 9.80 Å². The standard InChI is InChI=1S/C24H28N4O4/c29-23(18-11-15-26(16-12-18)21-9-2-3-10-22(21)28(31)32)25-20-8-6-7-19(17-20)24(30)27-13-4-1-5-14-27/h2-3,6-10,17-18H,1,4-5,11-16H2,(H,25,29). The summed E-state index contributed by atoms with van der Waals surface area (Å²) < 4.78 is 0. The molecule has 0 unspecified atom stereocenters. The van der Waals surface area contributed by atoms with Crippen molar-refractivity contribution in [3.05, 3.63) is 64.2 Å². The van der Waals surface area contributed by atoms with Gasteiger partial charge in [0, 0.05) is 49.4 Å². The number of nitrogens with zero attached hydrogens (tertiary/aromatic N) is 3. The van der Waals surface area contributed by atoms with Gasteiger partial charge in [-0.05, 0) is 56.4 Å². The third-order valence-corrected chi connectivity index (χ3v) is 6.31. The van der Waals surface area contributed by atoms with E-state index in [9.17, 15) is 19.7 Å². The van der Waals surface area contributed by atoms with Crippen LogP contribution in [0.2, 0.25) is 0 Å². The Hall–Kier alpha value is -3.42. The Balaban J connectivity index is 1.35. The van der Waals surface area contributed by atoms with Gasteiger partial charge in [-0.3, -0.25) is 19.7 Å². The highest BCUT2D eigenvalue weighted by atomic mass is 16.6. The Morgan fingerprint density at radius 1 is 0.938 bits per heavy atom. The van der Waals surface area contributed by atoms with Gasteiger partial charge < -0.3 is 15.1 Å². The number of benzene rings is 2. The summed E-state index contributed by atoms with van der Waals surface area (Å²) in [5, 5.41) is 14.3. The number of carbonyl (C=O) groups excluding carboxylic acids is 2. The molecule has 2 fully saturated rings. The van der Waals surface area contributed by atoms with Gasteiger partial charge in [-0.25, -0.2) is 0 Å². The molecule has 0 aliphatic carbocycles. The van der Waals surface area contributed by atoms with Crippen LogP contribution in [-0.2, 0) is 4.79 Å². The second kappa shape index (κ2) is 9.80. The SMILES string of the molecule is O=C(Nc1cccc(C(=O)N2CCCCC2)c1)C1CCN(c2ccccc2[N+](=O)[O-])CC1. The Bertz CT molecular complexity index is 995. The number of nitro groups is 1. The second-order valence-corrected chi connectivity index (χ2v) is 8.43. The minimum atomic E-state index is -0.369. The quantitative estimate of drug-likeness (QED) is 0.563. The summed E-state index contributed by atoms with van der Waals surface area (Å²) in [6, 6.07) is 13.8. The minimum Gasteiger partial charge on any atom is -0.366 e. The molecular formula is C24H28N4O4. The maximum Gasteiger partial charge on any atom is 0.292 e. The fraction of sp³-hybridized carbons (Fsp3) is 0.417. The predicted octanol–water partition coefficient (Wildman–Crippen LogP) is 4.08. The Morgan fingerprint density at radius 2 is 1.66 bits per heavy atom. The number of hydrogen-bond acceptors (Lipinski definition) is 5. The van der Waals surface area contributed by atoms with E-state index < -0.39 is 0 Å². The first-order valence-corrected chi connectivity index (χ1v) is 11.2. The van der Waals surface area contributed by atoms with E-state index in [2.05, 4.69) is 5.32 Å². The number of likely N-dealkylation sites (tertiary alicyclic amines) is 1. The van der Waals surface area contributed by atoms with Crippen molar-refractivity contribution in [1.29, 1.82) is 0 Å². The average Bonchev–Trinajstić information content (AvgIpc) is 2.84. The summed E-state index contributed by atoms with van der Waals surface area (Å²) in [5.74, 6) is -0.233. The van der Waals surface area contributed by atoms with Crippen LogP contribution in [0.4, 0.5) is 17.1 Å². The molecule has 4 rings (SSSR count). The van der Waals surface area contributed by atoms with Crippen LogP contribution in [0.1, 0.15) is 42.5 Å². The Morgan fingerprint density at radius 3 is 2.38 bits per heavy atom. The van der Waals surface area contributed by atoms with Crippen molar-refractivity contribution in [3.8, 4) is 0 Å². The number of anilines is 2. The van der Waals surface area contributed by atoms with E-state index in [4.69, 9.17) is 0 Å². The molecule has 2 aliphatic rings. The van der Waals surface area contributed by atoms with E-state index >= 15 is 0 Å². The van der Waals surface area contributed by atoms with E-state index in [0.717, 1.165) is 32.4 Å². The molecule has 8 heteroatoms. The van der Waals surface area contributed by atoms with Crippen LogP contribution in [0.3, 0.4) is 0 Å². The van der Waals surface area contributed by atoms with Crippen LogP contribution in [0.15, 0.2) is 48.5 Å². The van der Waals surface area contributed by atoms with Crippen molar-refractivity contribution in [2.45, 2.75) is 32.1 Å². The molecule has 0 spiro atoms. The van der Waals surface area contributed by atoms with Gasteiger partial charge in [-0.1, -0.05) is 18.2 Å². The number of amides is 2. The van der Waals surface area contributed by atoms with E-state index in [-0.39, 0.29) is 28.3 Å². The lowest BCUT2D eigenvalue weighted by molar-refractivity contribution is -0.384. The number of nitro benzene ring substituents is 1. The highest BCUT2D eigenvalue weighted by Gasteiger charge is 2.28.